The highest BCUT2D eigenvalue weighted by molar-refractivity contribution is 7.11. The molecule has 0 aromatic carbocycles. The summed E-state index contributed by atoms with van der Waals surface area (Å²) in [5.41, 5.74) is 7.48. The van der Waals surface area contributed by atoms with Crippen LogP contribution in [0, 0.1) is 0 Å². The van der Waals surface area contributed by atoms with E-state index in [9.17, 15) is 0 Å². The standard InChI is InChI=1S/C14H24N4S/c1-17-6-7-18(2)10(9-17)8-13-16-12-5-3-4-11(15)14(12)19-13/h10-11H,3-9,15H2,1-2H3. The summed E-state index contributed by atoms with van der Waals surface area (Å²) >= 11 is 1.86. The van der Waals surface area contributed by atoms with Gasteiger partial charge in [0.25, 0.3) is 0 Å². The Kier molecular flexibility index (Phi) is 3.89. The fourth-order valence-corrected chi connectivity index (χ4v) is 4.33. The van der Waals surface area contributed by atoms with Gasteiger partial charge < -0.3 is 15.5 Å². The van der Waals surface area contributed by atoms with Crippen molar-refractivity contribution in [2.24, 2.45) is 5.73 Å². The minimum absolute atomic E-state index is 0.238. The van der Waals surface area contributed by atoms with Crippen LogP contribution in [0.1, 0.15) is 34.5 Å². The van der Waals surface area contributed by atoms with Crippen LogP contribution >= 0.6 is 11.3 Å². The zero-order chi connectivity index (χ0) is 13.4. The zero-order valence-electron chi connectivity index (χ0n) is 11.9. The highest BCUT2D eigenvalue weighted by Crippen LogP contribution is 2.33. The first-order valence-corrected chi connectivity index (χ1v) is 8.08. The lowest BCUT2D eigenvalue weighted by Gasteiger charge is -2.37. The van der Waals surface area contributed by atoms with E-state index in [1.165, 1.54) is 28.5 Å². The number of aromatic nitrogens is 1. The quantitative estimate of drug-likeness (QED) is 0.886. The minimum Gasteiger partial charge on any atom is -0.323 e. The monoisotopic (exact) mass is 280 g/mol. The summed E-state index contributed by atoms with van der Waals surface area (Å²) in [4.78, 5) is 11.1. The van der Waals surface area contributed by atoms with Crippen molar-refractivity contribution in [1.82, 2.24) is 14.8 Å². The normalized spacial score (nSPS) is 29.4. The first-order valence-electron chi connectivity index (χ1n) is 7.26. The van der Waals surface area contributed by atoms with Gasteiger partial charge in [-0.3, -0.25) is 0 Å². The Morgan fingerprint density at radius 1 is 1.37 bits per heavy atom. The van der Waals surface area contributed by atoms with E-state index in [0.29, 0.717) is 6.04 Å². The number of nitrogens with two attached hydrogens (primary N) is 1. The highest BCUT2D eigenvalue weighted by Gasteiger charge is 2.26. The summed E-state index contributed by atoms with van der Waals surface area (Å²) in [5.74, 6) is 0. The molecule has 1 aromatic heterocycles. The van der Waals surface area contributed by atoms with Crippen LogP contribution in [0.2, 0.25) is 0 Å². The molecule has 0 spiro atoms. The van der Waals surface area contributed by atoms with Gasteiger partial charge in [0, 0.05) is 43.0 Å². The van der Waals surface area contributed by atoms with Gasteiger partial charge in [-0.25, -0.2) is 4.98 Å². The lowest BCUT2D eigenvalue weighted by molar-refractivity contribution is 0.114. The lowest BCUT2D eigenvalue weighted by Crippen LogP contribution is -2.50. The van der Waals surface area contributed by atoms with Crippen LogP contribution in [-0.4, -0.2) is 54.6 Å². The van der Waals surface area contributed by atoms with Gasteiger partial charge in [0.15, 0.2) is 0 Å². The topological polar surface area (TPSA) is 45.4 Å². The second kappa shape index (κ2) is 5.48. The van der Waals surface area contributed by atoms with Crippen molar-refractivity contribution < 1.29 is 0 Å². The van der Waals surface area contributed by atoms with E-state index in [4.69, 9.17) is 10.7 Å². The van der Waals surface area contributed by atoms with Gasteiger partial charge in [-0.05, 0) is 33.4 Å². The highest BCUT2D eigenvalue weighted by atomic mass is 32.1. The van der Waals surface area contributed by atoms with Crippen molar-refractivity contribution in [2.45, 2.75) is 37.8 Å². The molecule has 0 saturated carbocycles. The number of rotatable bonds is 2. The maximum atomic E-state index is 6.19. The Balaban J connectivity index is 1.73. The van der Waals surface area contributed by atoms with E-state index < -0.39 is 0 Å². The van der Waals surface area contributed by atoms with Crippen LogP contribution in [0.5, 0.6) is 0 Å². The Morgan fingerprint density at radius 3 is 3.00 bits per heavy atom. The van der Waals surface area contributed by atoms with Crippen LogP contribution < -0.4 is 5.73 Å². The van der Waals surface area contributed by atoms with Crippen molar-refractivity contribution in [1.29, 1.82) is 0 Å². The summed E-state index contributed by atoms with van der Waals surface area (Å²) in [6.45, 7) is 3.48. The van der Waals surface area contributed by atoms with Crippen LogP contribution in [0.4, 0.5) is 0 Å². The predicted octanol–water partition coefficient (Wildman–Crippen LogP) is 1.27. The van der Waals surface area contributed by atoms with E-state index >= 15 is 0 Å². The number of piperazine rings is 1. The summed E-state index contributed by atoms with van der Waals surface area (Å²) in [6, 6.07) is 0.837. The Labute approximate surface area is 119 Å². The molecule has 1 saturated heterocycles. The molecule has 2 aliphatic rings. The number of hydrogen-bond donors (Lipinski definition) is 1. The number of aryl methyl sites for hydroxylation is 1. The first-order chi connectivity index (χ1) is 9.13. The summed E-state index contributed by atoms with van der Waals surface area (Å²) in [5, 5.41) is 1.29. The summed E-state index contributed by atoms with van der Waals surface area (Å²) < 4.78 is 0. The fourth-order valence-electron chi connectivity index (χ4n) is 3.11. The molecule has 2 heterocycles. The van der Waals surface area contributed by atoms with Crippen LogP contribution in [0.15, 0.2) is 0 Å². The molecule has 1 aromatic rings. The van der Waals surface area contributed by atoms with Crippen molar-refractivity contribution in [2.75, 3.05) is 33.7 Å². The Bertz CT molecular complexity index is 445. The number of likely N-dealkylation sites (N-methyl/N-ethyl adjacent to an activating group) is 2. The molecule has 2 N–H and O–H groups in total. The van der Waals surface area contributed by atoms with Crippen molar-refractivity contribution in [3.05, 3.63) is 15.6 Å². The first kappa shape index (κ1) is 13.5. The van der Waals surface area contributed by atoms with Gasteiger partial charge in [0.1, 0.15) is 0 Å². The third-order valence-electron chi connectivity index (χ3n) is 4.43. The second-order valence-corrected chi connectivity index (χ2v) is 7.13. The molecule has 0 radical (unpaired) electrons. The Hall–Kier alpha value is -0.490. The largest absolute Gasteiger partial charge is 0.323 e. The lowest BCUT2D eigenvalue weighted by atomic mass is 9.99. The van der Waals surface area contributed by atoms with E-state index in [0.717, 1.165) is 32.4 Å². The minimum atomic E-state index is 0.238. The van der Waals surface area contributed by atoms with Gasteiger partial charge in [-0.2, -0.15) is 0 Å². The van der Waals surface area contributed by atoms with Gasteiger partial charge >= 0.3 is 0 Å². The van der Waals surface area contributed by atoms with Crippen LogP contribution in [-0.2, 0) is 12.8 Å². The van der Waals surface area contributed by atoms with E-state index in [-0.39, 0.29) is 6.04 Å². The maximum absolute atomic E-state index is 6.19. The van der Waals surface area contributed by atoms with Crippen LogP contribution in [0.3, 0.4) is 0 Å². The van der Waals surface area contributed by atoms with Crippen molar-refractivity contribution in [3.63, 3.8) is 0 Å². The molecule has 1 aliphatic carbocycles. The van der Waals surface area contributed by atoms with Crippen molar-refractivity contribution >= 4 is 11.3 Å². The average molecular weight is 280 g/mol. The Morgan fingerprint density at radius 2 is 2.21 bits per heavy atom. The number of thiazole rings is 1. The van der Waals surface area contributed by atoms with Gasteiger partial charge in [-0.15, -0.1) is 11.3 Å². The smallest absolute Gasteiger partial charge is 0.0947 e. The third-order valence-corrected chi connectivity index (χ3v) is 5.68. The summed E-state index contributed by atoms with van der Waals surface area (Å²) in [7, 11) is 4.44. The molecule has 4 nitrogen and oxygen atoms in total. The molecular weight excluding hydrogens is 256 g/mol. The van der Waals surface area contributed by atoms with Gasteiger partial charge in [-0.1, -0.05) is 0 Å². The predicted molar refractivity (Wildman–Crippen MR) is 79.6 cm³/mol. The van der Waals surface area contributed by atoms with E-state index in [1.807, 2.05) is 11.3 Å². The number of nitrogens with zero attached hydrogens (tertiary/aromatic N) is 3. The maximum Gasteiger partial charge on any atom is 0.0947 e. The fraction of sp³-hybridized carbons (Fsp3) is 0.786. The van der Waals surface area contributed by atoms with Gasteiger partial charge in [0.05, 0.1) is 10.7 Å². The third kappa shape index (κ3) is 2.84. The number of fused-ring (bicyclic) bond motifs is 1. The van der Waals surface area contributed by atoms with Crippen molar-refractivity contribution in [3.8, 4) is 0 Å². The molecular formula is C14H24N4S. The SMILES string of the molecule is CN1CCN(C)C(Cc2nc3c(s2)C(N)CCC3)C1. The molecule has 106 valence electrons. The molecule has 5 heteroatoms. The zero-order valence-corrected chi connectivity index (χ0v) is 12.7. The molecule has 3 rings (SSSR count). The van der Waals surface area contributed by atoms with Gasteiger partial charge in [0.2, 0.25) is 0 Å². The molecule has 1 fully saturated rings. The molecule has 0 bridgehead atoms. The molecule has 1 aliphatic heterocycles. The average Bonchev–Trinajstić information content (AvgIpc) is 2.78. The summed E-state index contributed by atoms with van der Waals surface area (Å²) in [6.07, 6.45) is 4.52. The molecule has 19 heavy (non-hydrogen) atoms. The van der Waals surface area contributed by atoms with E-state index in [2.05, 4.69) is 23.9 Å². The van der Waals surface area contributed by atoms with Crippen LogP contribution in [0.25, 0.3) is 0 Å². The van der Waals surface area contributed by atoms with E-state index in [1.54, 1.807) is 0 Å². The molecule has 0 amide bonds. The molecule has 2 unspecified atom stereocenters. The molecule has 2 atom stereocenters. The second-order valence-electron chi connectivity index (χ2n) is 6.02. The number of hydrogen-bond acceptors (Lipinski definition) is 5.